The first-order valence-electron chi connectivity index (χ1n) is 6.63. The average molecular weight is 280 g/mol. The maximum Gasteiger partial charge on any atom is 0.302 e. The Bertz CT molecular complexity index is 468. The van der Waals surface area contributed by atoms with Crippen molar-refractivity contribution < 1.29 is 23.8 Å². The number of carbonyl (C=O) groups is 2. The largest absolute Gasteiger partial charge is 0.493 e. The quantitative estimate of drug-likeness (QED) is 0.416. The molecule has 0 fully saturated rings. The van der Waals surface area contributed by atoms with E-state index in [1.807, 2.05) is 13.8 Å². The third-order valence-corrected chi connectivity index (χ3v) is 2.65. The van der Waals surface area contributed by atoms with Crippen LogP contribution in [0.5, 0.6) is 11.5 Å². The molecule has 1 aromatic rings. The second kappa shape index (κ2) is 8.19. The monoisotopic (exact) mass is 280 g/mol. The molecule has 0 aliphatic heterocycles. The number of benzene rings is 1. The van der Waals surface area contributed by atoms with Gasteiger partial charge in [0.1, 0.15) is 24.7 Å². The third kappa shape index (κ3) is 4.57. The first kappa shape index (κ1) is 16.0. The van der Waals surface area contributed by atoms with E-state index in [1.165, 1.54) is 6.92 Å². The lowest BCUT2D eigenvalue weighted by atomic mass is 10.1. The molecule has 0 saturated carbocycles. The molecule has 0 atom stereocenters. The Balaban J connectivity index is 2.84. The molecule has 20 heavy (non-hydrogen) atoms. The lowest BCUT2D eigenvalue weighted by Crippen LogP contribution is -2.11. The fraction of sp³-hybridized carbons (Fsp3) is 0.467. The van der Waals surface area contributed by atoms with Crippen molar-refractivity contribution in [1.29, 1.82) is 0 Å². The first-order valence-corrected chi connectivity index (χ1v) is 6.63. The summed E-state index contributed by atoms with van der Waals surface area (Å²) in [5.41, 5.74) is 1.43. The fourth-order valence-electron chi connectivity index (χ4n) is 1.75. The molecule has 0 amide bonds. The molecule has 0 heterocycles. The standard InChI is InChI=1S/C15H20O5/c1-4-12-8-13(10-16)15(9-14(12)18-5-2)20-7-6-19-11(3)17/h8-10H,4-7H2,1-3H3. The molecule has 0 unspecified atom stereocenters. The van der Waals surface area contributed by atoms with Crippen LogP contribution in [0, 0.1) is 0 Å². The number of aryl methyl sites for hydroxylation is 1. The van der Waals surface area contributed by atoms with Crippen molar-refractivity contribution >= 4 is 12.3 Å². The van der Waals surface area contributed by atoms with Crippen molar-refractivity contribution in [3.63, 3.8) is 0 Å². The van der Waals surface area contributed by atoms with Crippen LogP contribution in [0.2, 0.25) is 0 Å². The van der Waals surface area contributed by atoms with Crippen LogP contribution >= 0.6 is 0 Å². The summed E-state index contributed by atoms with van der Waals surface area (Å²) in [6.45, 7) is 6.10. The van der Waals surface area contributed by atoms with E-state index in [4.69, 9.17) is 14.2 Å². The normalized spacial score (nSPS) is 9.95. The van der Waals surface area contributed by atoms with Crippen molar-refractivity contribution in [3.8, 4) is 11.5 Å². The second-order valence-electron chi connectivity index (χ2n) is 4.09. The Hall–Kier alpha value is -2.04. The molecular formula is C15H20O5. The summed E-state index contributed by atoms with van der Waals surface area (Å²) >= 11 is 0. The summed E-state index contributed by atoms with van der Waals surface area (Å²) in [5, 5.41) is 0. The molecular weight excluding hydrogens is 260 g/mol. The fourth-order valence-corrected chi connectivity index (χ4v) is 1.75. The topological polar surface area (TPSA) is 61.8 Å². The minimum absolute atomic E-state index is 0.146. The Morgan fingerprint density at radius 1 is 1.15 bits per heavy atom. The van der Waals surface area contributed by atoms with E-state index in [-0.39, 0.29) is 19.2 Å². The highest BCUT2D eigenvalue weighted by Crippen LogP contribution is 2.29. The van der Waals surface area contributed by atoms with E-state index >= 15 is 0 Å². The van der Waals surface area contributed by atoms with Gasteiger partial charge in [-0.1, -0.05) is 6.92 Å². The number of rotatable bonds is 8. The maximum absolute atomic E-state index is 11.1. The van der Waals surface area contributed by atoms with Gasteiger partial charge in [0, 0.05) is 13.0 Å². The number of esters is 1. The zero-order valence-corrected chi connectivity index (χ0v) is 12.1. The Morgan fingerprint density at radius 3 is 2.45 bits per heavy atom. The van der Waals surface area contributed by atoms with E-state index in [1.54, 1.807) is 12.1 Å². The van der Waals surface area contributed by atoms with E-state index in [2.05, 4.69) is 0 Å². The van der Waals surface area contributed by atoms with Crippen molar-refractivity contribution in [2.75, 3.05) is 19.8 Å². The molecule has 0 saturated heterocycles. The van der Waals surface area contributed by atoms with E-state index in [0.29, 0.717) is 23.7 Å². The first-order chi connectivity index (χ1) is 9.62. The highest BCUT2D eigenvalue weighted by molar-refractivity contribution is 5.80. The smallest absolute Gasteiger partial charge is 0.302 e. The SMILES string of the molecule is CCOc1cc(OCCOC(C)=O)c(C=O)cc1CC. The number of carbonyl (C=O) groups excluding carboxylic acids is 2. The molecule has 5 nitrogen and oxygen atoms in total. The van der Waals surface area contributed by atoms with Gasteiger partial charge in [-0.3, -0.25) is 9.59 Å². The molecule has 0 bridgehead atoms. The summed E-state index contributed by atoms with van der Waals surface area (Å²) in [4.78, 5) is 21.7. The summed E-state index contributed by atoms with van der Waals surface area (Å²) < 4.78 is 15.8. The van der Waals surface area contributed by atoms with Crippen molar-refractivity contribution in [1.82, 2.24) is 0 Å². The van der Waals surface area contributed by atoms with Crippen LogP contribution in [-0.4, -0.2) is 32.1 Å². The van der Waals surface area contributed by atoms with Gasteiger partial charge in [0.15, 0.2) is 6.29 Å². The summed E-state index contributed by atoms with van der Waals surface area (Å²) in [6.07, 6.45) is 1.51. The van der Waals surface area contributed by atoms with Crippen LogP contribution in [0.25, 0.3) is 0 Å². The van der Waals surface area contributed by atoms with Crippen molar-refractivity contribution in [3.05, 3.63) is 23.3 Å². The number of hydrogen-bond acceptors (Lipinski definition) is 5. The molecule has 0 aromatic heterocycles. The molecule has 0 aliphatic carbocycles. The van der Waals surface area contributed by atoms with Crippen LogP contribution in [0.3, 0.4) is 0 Å². The predicted molar refractivity (Wildman–Crippen MR) is 74.5 cm³/mol. The van der Waals surface area contributed by atoms with Crippen LogP contribution < -0.4 is 9.47 Å². The third-order valence-electron chi connectivity index (χ3n) is 2.65. The van der Waals surface area contributed by atoms with Crippen LogP contribution in [0.4, 0.5) is 0 Å². The maximum atomic E-state index is 11.1. The van der Waals surface area contributed by atoms with E-state index in [0.717, 1.165) is 18.3 Å². The molecule has 110 valence electrons. The molecule has 0 spiro atoms. The Kier molecular flexibility index (Phi) is 6.56. The Morgan fingerprint density at radius 2 is 1.90 bits per heavy atom. The number of aldehydes is 1. The highest BCUT2D eigenvalue weighted by Gasteiger charge is 2.11. The number of hydrogen-bond donors (Lipinski definition) is 0. The van der Waals surface area contributed by atoms with Gasteiger partial charge in [-0.2, -0.15) is 0 Å². The van der Waals surface area contributed by atoms with Gasteiger partial charge in [-0.15, -0.1) is 0 Å². The van der Waals surface area contributed by atoms with Gasteiger partial charge >= 0.3 is 5.97 Å². The predicted octanol–water partition coefficient (Wildman–Crippen LogP) is 2.40. The molecule has 0 aliphatic rings. The molecule has 0 radical (unpaired) electrons. The van der Waals surface area contributed by atoms with Gasteiger partial charge < -0.3 is 14.2 Å². The summed E-state index contributed by atoms with van der Waals surface area (Å²) in [5.74, 6) is 0.788. The lowest BCUT2D eigenvalue weighted by molar-refractivity contribution is -0.141. The van der Waals surface area contributed by atoms with Crippen molar-refractivity contribution in [2.45, 2.75) is 27.2 Å². The van der Waals surface area contributed by atoms with Crippen molar-refractivity contribution in [2.24, 2.45) is 0 Å². The molecule has 0 N–H and O–H groups in total. The van der Waals surface area contributed by atoms with Gasteiger partial charge in [-0.25, -0.2) is 0 Å². The molecule has 1 aromatic carbocycles. The minimum Gasteiger partial charge on any atom is -0.493 e. The van der Waals surface area contributed by atoms with E-state index in [9.17, 15) is 9.59 Å². The van der Waals surface area contributed by atoms with Crippen LogP contribution in [-0.2, 0) is 16.0 Å². The average Bonchev–Trinajstić information content (AvgIpc) is 2.43. The molecule has 1 rings (SSSR count). The van der Waals surface area contributed by atoms with Gasteiger partial charge in [0.2, 0.25) is 0 Å². The van der Waals surface area contributed by atoms with Crippen LogP contribution in [0.15, 0.2) is 12.1 Å². The van der Waals surface area contributed by atoms with Gasteiger partial charge in [0.05, 0.1) is 12.2 Å². The zero-order valence-electron chi connectivity index (χ0n) is 12.1. The minimum atomic E-state index is -0.361. The highest BCUT2D eigenvalue weighted by atomic mass is 16.6. The lowest BCUT2D eigenvalue weighted by Gasteiger charge is -2.14. The van der Waals surface area contributed by atoms with E-state index < -0.39 is 0 Å². The Labute approximate surface area is 118 Å². The number of ether oxygens (including phenoxy) is 3. The second-order valence-corrected chi connectivity index (χ2v) is 4.09. The van der Waals surface area contributed by atoms with Crippen LogP contribution in [0.1, 0.15) is 36.7 Å². The van der Waals surface area contributed by atoms with Gasteiger partial charge in [0.25, 0.3) is 0 Å². The van der Waals surface area contributed by atoms with Gasteiger partial charge in [-0.05, 0) is 25.0 Å². The summed E-state index contributed by atoms with van der Waals surface area (Å²) in [7, 11) is 0. The zero-order chi connectivity index (χ0) is 15.0. The molecule has 5 heteroatoms. The summed E-state index contributed by atoms with van der Waals surface area (Å²) in [6, 6.07) is 3.47.